The van der Waals surface area contributed by atoms with Gasteiger partial charge in [0.2, 0.25) is 5.91 Å². The fraction of sp³-hybridized carbons (Fsp3) is 0.200. The summed E-state index contributed by atoms with van der Waals surface area (Å²) in [5.74, 6) is -2.45. The normalized spacial score (nSPS) is 11.7. The highest BCUT2D eigenvalue weighted by Gasteiger charge is 2.21. The maximum atomic E-state index is 12.1. The van der Waals surface area contributed by atoms with E-state index in [0.717, 1.165) is 4.88 Å². The molecule has 0 aliphatic rings. The average Bonchev–Trinajstić information content (AvgIpc) is 2.97. The lowest BCUT2D eigenvalue weighted by Crippen LogP contribution is -2.41. The van der Waals surface area contributed by atoms with Gasteiger partial charge in [-0.1, -0.05) is 11.6 Å². The van der Waals surface area contributed by atoms with E-state index >= 15 is 0 Å². The molecular weight excluding hydrogens is 354 g/mol. The highest BCUT2D eigenvalue weighted by Crippen LogP contribution is 2.29. The minimum Gasteiger partial charge on any atom is -0.480 e. The summed E-state index contributed by atoms with van der Waals surface area (Å²) >= 11 is 7.23. The number of carbonyl (C=O) groups excluding carboxylic acids is 2. The number of carboxylic acids is 1. The van der Waals surface area contributed by atoms with Gasteiger partial charge in [-0.25, -0.2) is 4.79 Å². The molecule has 126 valence electrons. The molecule has 2 amide bonds. The fourth-order valence-electron chi connectivity index (χ4n) is 1.91. The van der Waals surface area contributed by atoms with Crippen molar-refractivity contribution in [1.82, 2.24) is 10.3 Å². The summed E-state index contributed by atoms with van der Waals surface area (Å²) < 4.78 is 0.632. The summed E-state index contributed by atoms with van der Waals surface area (Å²) in [5, 5.41) is 11.4. The number of hydrogen-bond donors (Lipinski definition) is 3. The topological polar surface area (TPSA) is 122 Å². The van der Waals surface area contributed by atoms with Gasteiger partial charge in [0, 0.05) is 12.6 Å². The lowest BCUT2D eigenvalue weighted by molar-refractivity contribution is -0.139. The molecule has 0 spiro atoms. The smallest absolute Gasteiger partial charge is 0.326 e. The van der Waals surface area contributed by atoms with Crippen molar-refractivity contribution in [3.05, 3.63) is 40.4 Å². The van der Waals surface area contributed by atoms with Gasteiger partial charge in [0.1, 0.15) is 6.04 Å². The Morgan fingerprint density at radius 1 is 1.29 bits per heavy atom. The third-order valence-electron chi connectivity index (χ3n) is 3.13. The first-order valence-corrected chi connectivity index (χ1v) is 8.10. The zero-order valence-corrected chi connectivity index (χ0v) is 13.9. The second kappa shape index (κ2) is 7.89. The Kier molecular flexibility index (Phi) is 5.88. The number of aliphatic carboxylic acids is 1. The number of carboxylic acid groups (broad SMARTS) is 1. The van der Waals surface area contributed by atoms with Gasteiger partial charge in [-0.2, -0.15) is 0 Å². The number of nitrogens with one attached hydrogen (secondary N) is 1. The molecule has 0 saturated carbocycles. The number of amides is 2. The number of halogens is 1. The van der Waals surface area contributed by atoms with Crippen LogP contribution in [0.3, 0.4) is 0 Å². The molecule has 2 aromatic rings. The maximum absolute atomic E-state index is 12.1. The van der Waals surface area contributed by atoms with Gasteiger partial charge in [-0.15, -0.1) is 11.3 Å². The van der Waals surface area contributed by atoms with Crippen LogP contribution in [0.2, 0.25) is 4.34 Å². The van der Waals surface area contributed by atoms with Crippen LogP contribution < -0.4 is 11.1 Å². The number of aromatic nitrogens is 1. The van der Waals surface area contributed by atoms with E-state index in [1.807, 2.05) is 6.07 Å². The van der Waals surface area contributed by atoms with Gasteiger partial charge in [-0.05, 0) is 30.7 Å². The van der Waals surface area contributed by atoms with E-state index in [2.05, 4.69) is 10.3 Å². The SMILES string of the molecule is NC(=O)CC[C@H](NC(=O)c1ccc(-c2ccc(Cl)s2)nc1)C(=O)O. The molecule has 24 heavy (non-hydrogen) atoms. The molecule has 2 aromatic heterocycles. The number of pyridine rings is 1. The zero-order chi connectivity index (χ0) is 17.7. The van der Waals surface area contributed by atoms with Crippen LogP contribution in [-0.4, -0.2) is 33.9 Å². The van der Waals surface area contributed by atoms with Crippen LogP contribution in [0, 0.1) is 0 Å². The molecule has 0 aliphatic carbocycles. The molecule has 0 radical (unpaired) electrons. The lowest BCUT2D eigenvalue weighted by Gasteiger charge is -2.13. The molecule has 0 saturated heterocycles. The van der Waals surface area contributed by atoms with Crippen LogP contribution in [0.4, 0.5) is 0 Å². The molecule has 4 N–H and O–H groups in total. The minimum absolute atomic E-state index is 0.0738. The molecule has 2 rings (SSSR count). The third kappa shape index (κ3) is 4.77. The summed E-state index contributed by atoms with van der Waals surface area (Å²) in [5.41, 5.74) is 5.87. The summed E-state index contributed by atoms with van der Waals surface area (Å²) in [6.07, 6.45) is 1.15. The van der Waals surface area contributed by atoms with Crippen molar-refractivity contribution >= 4 is 40.7 Å². The fourth-order valence-corrected chi connectivity index (χ4v) is 2.93. The largest absolute Gasteiger partial charge is 0.480 e. The van der Waals surface area contributed by atoms with Crippen molar-refractivity contribution in [1.29, 1.82) is 0 Å². The predicted molar refractivity (Wildman–Crippen MR) is 89.9 cm³/mol. The van der Waals surface area contributed by atoms with E-state index in [1.165, 1.54) is 23.6 Å². The number of carbonyl (C=O) groups is 3. The standard InChI is InChI=1S/C15H14ClN3O4S/c16-12-5-4-11(24-12)9-2-1-8(7-18-9)14(21)19-10(15(22)23)3-6-13(17)20/h1-2,4-5,7,10H,3,6H2,(H2,17,20)(H,19,21)(H,22,23)/t10-/m0/s1. The first kappa shape index (κ1) is 17.9. The van der Waals surface area contributed by atoms with E-state index in [1.54, 1.807) is 12.1 Å². The molecule has 0 fully saturated rings. The first-order chi connectivity index (χ1) is 11.4. The molecule has 9 heteroatoms. The highest BCUT2D eigenvalue weighted by molar-refractivity contribution is 7.19. The molecule has 2 heterocycles. The Balaban J connectivity index is 2.05. The van der Waals surface area contributed by atoms with Crippen LogP contribution in [0.5, 0.6) is 0 Å². The number of primary amides is 1. The maximum Gasteiger partial charge on any atom is 0.326 e. The minimum atomic E-state index is -1.23. The molecular formula is C15H14ClN3O4S. The Hall–Kier alpha value is -2.45. The Labute approximate surface area is 146 Å². The Morgan fingerprint density at radius 2 is 2.04 bits per heavy atom. The van der Waals surface area contributed by atoms with Crippen molar-refractivity contribution in [2.24, 2.45) is 5.73 Å². The number of nitrogens with two attached hydrogens (primary N) is 1. The van der Waals surface area contributed by atoms with Gasteiger partial charge >= 0.3 is 5.97 Å². The zero-order valence-electron chi connectivity index (χ0n) is 12.4. The number of nitrogens with zero attached hydrogens (tertiary/aromatic N) is 1. The van der Waals surface area contributed by atoms with E-state index in [-0.39, 0.29) is 18.4 Å². The Bertz CT molecular complexity index is 760. The van der Waals surface area contributed by atoms with E-state index in [9.17, 15) is 14.4 Å². The van der Waals surface area contributed by atoms with Crippen molar-refractivity contribution < 1.29 is 19.5 Å². The average molecular weight is 368 g/mol. The van der Waals surface area contributed by atoms with Crippen molar-refractivity contribution in [3.8, 4) is 10.6 Å². The molecule has 0 aliphatic heterocycles. The van der Waals surface area contributed by atoms with Crippen LogP contribution in [0.25, 0.3) is 10.6 Å². The van der Waals surface area contributed by atoms with Crippen LogP contribution in [-0.2, 0) is 9.59 Å². The van der Waals surface area contributed by atoms with Gasteiger partial charge in [-0.3, -0.25) is 14.6 Å². The number of rotatable bonds is 7. The van der Waals surface area contributed by atoms with Crippen LogP contribution in [0.15, 0.2) is 30.5 Å². The second-order valence-corrected chi connectivity index (χ2v) is 6.62. The van der Waals surface area contributed by atoms with E-state index < -0.39 is 23.8 Å². The lowest BCUT2D eigenvalue weighted by atomic mass is 10.1. The second-order valence-electron chi connectivity index (χ2n) is 4.91. The molecule has 1 atom stereocenters. The van der Waals surface area contributed by atoms with Gasteiger partial charge in [0.15, 0.2) is 0 Å². The summed E-state index contributed by atoms with van der Waals surface area (Å²) in [7, 11) is 0. The number of thiophene rings is 1. The van der Waals surface area contributed by atoms with Gasteiger partial charge in [0.25, 0.3) is 5.91 Å². The van der Waals surface area contributed by atoms with Crippen molar-refractivity contribution in [2.75, 3.05) is 0 Å². The molecule has 7 nitrogen and oxygen atoms in total. The molecule has 0 bridgehead atoms. The highest BCUT2D eigenvalue weighted by atomic mass is 35.5. The first-order valence-electron chi connectivity index (χ1n) is 6.90. The summed E-state index contributed by atoms with van der Waals surface area (Å²) in [6, 6.07) is 5.56. The Morgan fingerprint density at radius 3 is 2.54 bits per heavy atom. The third-order valence-corrected chi connectivity index (χ3v) is 4.39. The van der Waals surface area contributed by atoms with Crippen LogP contribution in [0.1, 0.15) is 23.2 Å². The van der Waals surface area contributed by atoms with E-state index in [4.69, 9.17) is 22.4 Å². The van der Waals surface area contributed by atoms with Gasteiger partial charge < -0.3 is 16.2 Å². The molecule has 0 aromatic carbocycles. The van der Waals surface area contributed by atoms with Crippen molar-refractivity contribution in [2.45, 2.75) is 18.9 Å². The quantitative estimate of drug-likeness (QED) is 0.689. The van der Waals surface area contributed by atoms with E-state index in [0.29, 0.717) is 10.0 Å². The summed E-state index contributed by atoms with van der Waals surface area (Å²) in [6.45, 7) is 0. The molecule has 0 unspecified atom stereocenters. The van der Waals surface area contributed by atoms with Gasteiger partial charge in [0.05, 0.1) is 20.5 Å². The monoisotopic (exact) mass is 367 g/mol. The van der Waals surface area contributed by atoms with Crippen LogP contribution >= 0.6 is 22.9 Å². The van der Waals surface area contributed by atoms with Crippen molar-refractivity contribution in [3.63, 3.8) is 0 Å². The number of hydrogen-bond acceptors (Lipinski definition) is 5. The summed E-state index contributed by atoms with van der Waals surface area (Å²) in [4.78, 5) is 39.0. The predicted octanol–water partition coefficient (Wildman–Crippen LogP) is 1.91.